The zero-order chi connectivity index (χ0) is 12.3. The van der Waals surface area contributed by atoms with Gasteiger partial charge in [0.05, 0.1) is 5.54 Å². The van der Waals surface area contributed by atoms with Gasteiger partial charge < -0.3 is 14.6 Å². The van der Waals surface area contributed by atoms with E-state index < -0.39 is 0 Å². The first-order chi connectivity index (χ1) is 8.19. The predicted molar refractivity (Wildman–Crippen MR) is 63.5 cm³/mol. The summed E-state index contributed by atoms with van der Waals surface area (Å²) in [5, 5.41) is 7.49. The standard InChI is InChI=1S/C12H21N3O2/c1-4-9(16-3)10-14-11(17-15-10)12(2)7-5-6-8-13-12/h9,13H,4-8H2,1-3H3. The number of rotatable bonds is 4. The summed E-state index contributed by atoms with van der Waals surface area (Å²) in [5.74, 6) is 1.33. The van der Waals surface area contributed by atoms with Gasteiger partial charge in [-0.05, 0) is 39.2 Å². The molecule has 1 aliphatic rings. The zero-order valence-corrected chi connectivity index (χ0v) is 10.8. The molecule has 1 saturated heterocycles. The van der Waals surface area contributed by atoms with Crippen LogP contribution in [0.4, 0.5) is 0 Å². The minimum absolute atomic E-state index is 0.0697. The third-order valence-electron chi connectivity index (χ3n) is 3.48. The lowest BCUT2D eigenvalue weighted by molar-refractivity contribution is 0.0903. The third kappa shape index (κ3) is 2.50. The quantitative estimate of drug-likeness (QED) is 0.872. The SMILES string of the molecule is CCC(OC)c1noc(C2(C)CCCCN2)n1. The number of piperidine rings is 1. The molecule has 0 amide bonds. The monoisotopic (exact) mass is 239 g/mol. The molecule has 0 bridgehead atoms. The van der Waals surface area contributed by atoms with Crippen molar-refractivity contribution in [2.75, 3.05) is 13.7 Å². The van der Waals surface area contributed by atoms with Gasteiger partial charge >= 0.3 is 0 Å². The Labute approximate surface area is 102 Å². The second-order valence-electron chi connectivity index (χ2n) is 4.81. The Bertz CT molecular complexity index is 354. The van der Waals surface area contributed by atoms with Gasteiger partial charge in [-0.2, -0.15) is 4.98 Å². The average Bonchev–Trinajstić information content (AvgIpc) is 2.82. The molecule has 0 saturated carbocycles. The summed E-state index contributed by atoms with van der Waals surface area (Å²) >= 11 is 0. The van der Waals surface area contributed by atoms with Gasteiger partial charge in [0.15, 0.2) is 0 Å². The molecule has 0 aliphatic carbocycles. The molecule has 1 N–H and O–H groups in total. The fourth-order valence-electron chi connectivity index (χ4n) is 2.28. The molecule has 2 rings (SSSR count). The molecule has 1 fully saturated rings. The van der Waals surface area contributed by atoms with Crippen molar-refractivity contribution in [3.8, 4) is 0 Å². The van der Waals surface area contributed by atoms with Crippen LogP contribution in [0.25, 0.3) is 0 Å². The molecule has 1 aromatic heterocycles. The summed E-state index contributed by atoms with van der Waals surface area (Å²) in [4.78, 5) is 4.48. The van der Waals surface area contributed by atoms with Crippen molar-refractivity contribution in [2.24, 2.45) is 0 Å². The minimum Gasteiger partial charge on any atom is -0.373 e. The molecule has 0 radical (unpaired) electrons. The molecular weight excluding hydrogens is 218 g/mol. The Morgan fingerprint density at radius 3 is 2.94 bits per heavy atom. The fraction of sp³-hybridized carbons (Fsp3) is 0.833. The Balaban J connectivity index is 2.16. The van der Waals surface area contributed by atoms with Crippen molar-refractivity contribution in [3.63, 3.8) is 0 Å². The number of methoxy groups -OCH3 is 1. The van der Waals surface area contributed by atoms with E-state index in [0.29, 0.717) is 11.7 Å². The van der Waals surface area contributed by atoms with E-state index >= 15 is 0 Å². The second-order valence-corrected chi connectivity index (χ2v) is 4.81. The highest BCUT2D eigenvalue weighted by molar-refractivity contribution is 5.04. The van der Waals surface area contributed by atoms with Crippen LogP contribution in [-0.2, 0) is 10.3 Å². The lowest BCUT2D eigenvalue weighted by Gasteiger charge is -2.31. The van der Waals surface area contributed by atoms with E-state index in [4.69, 9.17) is 9.26 Å². The highest BCUT2D eigenvalue weighted by Gasteiger charge is 2.34. The summed E-state index contributed by atoms with van der Waals surface area (Å²) in [6, 6.07) is 0. The Hall–Kier alpha value is -0.940. The van der Waals surface area contributed by atoms with E-state index in [9.17, 15) is 0 Å². The summed E-state index contributed by atoms with van der Waals surface area (Å²) in [5.41, 5.74) is -0.171. The normalized spacial score (nSPS) is 27.0. The minimum atomic E-state index is -0.171. The molecule has 17 heavy (non-hydrogen) atoms. The number of aromatic nitrogens is 2. The Kier molecular flexibility index (Phi) is 3.79. The van der Waals surface area contributed by atoms with Crippen LogP contribution >= 0.6 is 0 Å². The van der Waals surface area contributed by atoms with Crippen LogP contribution in [0.1, 0.15) is 57.3 Å². The van der Waals surface area contributed by atoms with Crippen LogP contribution in [0.2, 0.25) is 0 Å². The topological polar surface area (TPSA) is 60.2 Å². The van der Waals surface area contributed by atoms with Crippen molar-refractivity contribution >= 4 is 0 Å². The van der Waals surface area contributed by atoms with E-state index in [1.54, 1.807) is 7.11 Å². The van der Waals surface area contributed by atoms with Gasteiger partial charge in [-0.3, -0.25) is 0 Å². The van der Waals surface area contributed by atoms with Gasteiger partial charge in [0, 0.05) is 7.11 Å². The first-order valence-corrected chi connectivity index (χ1v) is 6.31. The first-order valence-electron chi connectivity index (χ1n) is 6.31. The molecule has 2 unspecified atom stereocenters. The lowest BCUT2D eigenvalue weighted by atomic mass is 9.91. The number of hydrogen-bond acceptors (Lipinski definition) is 5. The lowest BCUT2D eigenvalue weighted by Crippen LogP contribution is -2.43. The zero-order valence-electron chi connectivity index (χ0n) is 10.8. The van der Waals surface area contributed by atoms with Gasteiger partial charge in [0.2, 0.25) is 11.7 Å². The average molecular weight is 239 g/mol. The number of nitrogens with one attached hydrogen (secondary N) is 1. The number of hydrogen-bond donors (Lipinski definition) is 1. The molecule has 2 atom stereocenters. The van der Waals surface area contributed by atoms with Crippen LogP contribution in [0, 0.1) is 0 Å². The first kappa shape index (κ1) is 12.5. The van der Waals surface area contributed by atoms with Crippen LogP contribution < -0.4 is 5.32 Å². The molecule has 1 aliphatic heterocycles. The maximum atomic E-state index is 5.39. The summed E-state index contributed by atoms with van der Waals surface area (Å²) in [7, 11) is 1.67. The smallest absolute Gasteiger partial charge is 0.246 e. The van der Waals surface area contributed by atoms with Crippen molar-refractivity contribution < 1.29 is 9.26 Å². The van der Waals surface area contributed by atoms with Crippen LogP contribution in [-0.4, -0.2) is 23.8 Å². The highest BCUT2D eigenvalue weighted by Crippen LogP contribution is 2.29. The summed E-state index contributed by atoms with van der Waals surface area (Å²) in [6.45, 7) is 5.18. The van der Waals surface area contributed by atoms with Crippen molar-refractivity contribution in [1.82, 2.24) is 15.5 Å². The van der Waals surface area contributed by atoms with Gasteiger partial charge in [-0.1, -0.05) is 12.1 Å². The van der Waals surface area contributed by atoms with E-state index in [2.05, 4.69) is 22.4 Å². The van der Waals surface area contributed by atoms with Crippen molar-refractivity contribution in [3.05, 3.63) is 11.7 Å². The summed E-state index contributed by atoms with van der Waals surface area (Å²) < 4.78 is 10.7. The largest absolute Gasteiger partial charge is 0.373 e. The van der Waals surface area contributed by atoms with Gasteiger partial charge in [-0.25, -0.2) is 0 Å². The van der Waals surface area contributed by atoms with Gasteiger partial charge in [0.25, 0.3) is 0 Å². The Morgan fingerprint density at radius 2 is 2.35 bits per heavy atom. The summed E-state index contributed by atoms with van der Waals surface area (Å²) in [6.07, 6.45) is 4.23. The molecule has 2 heterocycles. The van der Waals surface area contributed by atoms with Crippen molar-refractivity contribution in [1.29, 1.82) is 0 Å². The van der Waals surface area contributed by atoms with E-state index in [0.717, 1.165) is 19.4 Å². The number of nitrogens with zero attached hydrogens (tertiary/aromatic N) is 2. The van der Waals surface area contributed by atoms with E-state index in [-0.39, 0.29) is 11.6 Å². The molecule has 0 spiro atoms. The third-order valence-corrected chi connectivity index (χ3v) is 3.48. The Morgan fingerprint density at radius 1 is 1.53 bits per heavy atom. The predicted octanol–water partition coefficient (Wildman–Crippen LogP) is 2.16. The van der Waals surface area contributed by atoms with Crippen LogP contribution in [0.15, 0.2) is 4.52 Å². The van der Waals surface area contributed by atoms with Crippen molar-refractivity contribution in [2.45, 2.75) is 51.2 Å². The van der Waals surface area contributed by atoms with Gasteiger partial charge in [-0.15, -0.1) is 0 Å². The fourth-order valence-corrected chi connectivity index (χ4v) is 2.28. The molecule has 5 nitrogen and oxygen atoms in total. The van der Waals surface area contributed by atoms with Gasteiger partial charge in [0.1, 0.15) is 6.10 Å². The molecule has 0 aromatic carbocycles. The molecule has 1 aromatic rings. The molecular formula is C12H21N3O2. The maximum Gasteiger partial charge on any atom is 0.246 e. The van der Waals surface area contributed by atoms with E-state index in [1.165, 1.54) is 12.8 Å². The van der Waals surface area contributed by atoms with Crippen LogP contribution in [0.3, 0.4) is 0 Å². The van der Waals surface area contributed by atoms with Crippen LogP contribution in [0.5, 0.6) is 0 Å². The second kappa shape index (κ2) is 5.14. The molecule has 96 valence electrons. The molecule has 5 heteroatoms. The number of ether oxygens (including phenoxy) is 1. The maximum absolute atomic E-state index is 5.39. The highest BCUT2D eigenvalue weighted by atomic mass is 16.5. The van der Waals surface area contributed by atoms with E-state index in [1.807, 2.05) is 6.92 Å².